The number of likely N-dealkylation sites (tertiary alicyclic amines) is 1. The Kier molecular flexibility index (Phi) is 7.92. The van der Waals surface area contributed by atoms with E-state index in [-0.39, 0.29) is 23.4 Å². The van der Waals surface area contributed by atoms with Crippen molar-refractivity contribution in [2.24, 2.45) is 0 Å². The molecule has 2 aliphatic heterocycles. The van der Waals surface area contributed by atoms with Crippen molar-refractivity contribution < 1.29 is 37.3 Å². The molecule has 4 rings (SSSR count). The smallest absolute Gasteiger partial charge is 0.475 e. The van der Waals surface area contributed by atoms with Gasteiger partial charge in [-0.3, -0.25) is 9.78 Å². The van der Waals surface area contributed by atoms with Crippen molar-refractivity contribution in [1.29, 1.82) is 0 Å². The molecule has 1 amide bonds. The lowest BCUT2D eigenvalue weighted by molar-refractivity contribution is -0.192. The summed E-state index contributed by atoms with van der Waals surface area (Å²) in [7, 11) is 0. The number of aromatic nitrogens is 3. The van der Waals surface area contributed by atoms with Crippen LogP contribution in [-0.2, 0) is 20.9 Å². The van der Waals surface area contributed by atoms with Crippen molar-refractivity contribution in [3.63, 3.8) is 0 Å². The molecule has 0 bridgehead atoms. The number of carbonyl (C=O) groups excluding carboxylic acids is 1. The van der Waals surface area contributed by atoms with E-state index >= 15 is 0 Å². The van der Waals surface area contributed by atoms with Gasteiger partial charge in [0.1, 0.15) is 0 Å². The summed E-state index contributed by atoms with van der Waals surface area (Å²) >= 11 is 0. The molecule has 2 atom stereocenters. The minimum Gasteiger partial charge on any atom is -0.475 e. The van der Waals surface area contributed by atoms with Crippen LogP contribution in [0.15, 0.2) is 43.0 Å². The Bertz CT molecular complexity index is 933. The van der Waals surface area contributed by atoms with Gasteiger partial charge in [-0.2, -0.15) is 13.2 Å². The predicted octanol–water partition coefficient (Wildman–Crippen LogP) is 2.49. The Morgan fingerprint density at radius 3 is 2.61 bits per heavy atom. The number of pyridine rings is 1. The second-order valence-electron chi connectivity index (χ2n) is 7.70. The number of hydrogen-bond donors (Lipinski definition) is 1. The van der Waals surface area contributed by atoms with Crippen LogP contribution >= 0.6 is 0 Å². The van der Waals surface area contributed by atoms with E-state index in [9.17, 15) is 18.0 Å². The average Bonchev–Trinajstić information content (AvgIpc) is 3.20. The molecule has 12 heteroatoms. The summed E-state index contributed by atoms with van der Waals surface area (Å²) in [6, 6.07) is 5.61. The Morgan fingerprint density at radius 2 is 1.97 bits per heavy atom. The first-order chi connectivity index (χ1) is 15.7. The topological polar surface area (TPSA) is 115 Å². The van der Waals surface area contributed by atoms with E-state index in [2.05, 4.69) is 15.0 Å². The van der Waals surface area contributed by atoms with Gasteiger partial charge in [0.05, 0.1) is 31.5 Å². The van der Waals surface area contributed by atoms with E-state index in [4.69, 9.17) is 19.4 Å². The third-order valence-corrected chi connectivity index (χ3v) is 5.21. The minimum atomic E-state index is -5.08. The van der Waals surface area contributed by atoms with Gasteiger partial charge in [-0.25, -0.2) is 14.8 Å². The number of halogens is 3. The molecule has 0 unspecified atom stereocenters. The van der Waals surface area contributed by atoms with E-state index in [1.165, 1.54) is 0 Å². The van der Waals surface area contributed by atoms with Crippen molar-refractivity contribution in [3.05, 3.63) is 54.4 Å². The number of rotatable bonds is 4. The maximum Gasteiger partial charge on any atom is 0.490 e. The van der Waals surface area contributed by atoms with Crippen molar-refractivity contribution in [1.82, 2.24) is 19.9 Å². The van der Waals surface area contributed by atoms with Crippen LogP contribution in [-0.4, -0.2) is 74.4 Å². The zero-order valence-corrected chi connectivity index (χ0v) is 17.6. The summed E-state index contributed by atoms with van der Waals surface area (Å²) in [5.41, 5.74) is 0.734. The molecule has 2 aliphatic rings. The molecule has 1 spiro atoms. The third-order valence-electron chi connectivity index (χ3n) is 5.21. The quantitative estimate of drug-likeness (QED) is 0.728. The molecule has 33 heavy (non-hydrogen) atoms. The number of aliphatic carboxylic acids is 1. The lowest BCUT2D eigenvalue weighted by Crippen LogP contribution is -2.50. The highest BCUT2D eigenvalue weighted by Gasteiger charge is 2.45. The summed E-state index contributed by atoms with van der Waals surface area (Å²) in [5, 5.41) is 7.12. The van der Waals surface area contributed by atoms with Crippen LogP contribution in [0.4, 0.5) is 13.2 Å². The second-order valence-corrected chi connectivity index (χ2v) is 7.70. The molecule has 9 nitrogen and oxygen atoms in total. The van der Waals surface area contributed by atoms with Gasteiger partial charge in [-0.1, -0.05) is 6.07 Å². The van der Waals surface area contributed by atoms with Gasteiger partial charge in [-0.05, 0) is 30.5 Å². The highest BCUT2D eigenvalue weighted by molar-refractivity contribution is 5.90. The zero-order valence-electron chi connectivity index (χ0n) is 17.6. The number of alkyl halides is 3. The van der Waals surface area contributed by atoms with Crippen LogP contribution in [0.5, 0.6) is 0 Å². The lowest BCUT2D eigenvalue weighted by Gasteiger charge is -2.39. The van der Waals surface area contributed by atoms with Crippen LogP contribution in [0.2, 0.25) is 0 Å². The molecule has 2 saturated heterocycles. The lowest BCUT2D eigenvalue weighted by atomic mass is 9.89. The zero-order chi connectivity index (χ0) is 23.9. The molecule has 1 N–H and O–H groups in total. The normalized spacial score (nSPS) is 22.5. The van der Waals surface area contributed by atoms with Crippen molar-refractivity contribution >= 4 is 11.9 Å². The number of hydrogen-bond acceptors (Lipinski definition) is 7. The minimum absolute atomic E-state index is 0.0400. The fourth-order valence-corrected chi connectivity index (χ4v) is 3.71. The third kappa shape index (κ3) is 6.93. The number of amides is 1. The van der Waals surface area contributed by atoms with Gasteiger partial charge in [0.2, 0.25) is 5.82 Å². The van der Waals surface area contributed by atoms with E-state index in [1.807, 2.05) is 23.2 Å². The molecular formula is C21H23F3N4O5. The van der Waals surface area contributed by atoms with Gasteiger partial charge in [0, 0.05) is 37.8 Å². The monoisotopic (exact) mass is 468 g/mol. The van der Waals surface area contributed by atoms with Crippen LogP contribution in [0.1, 0.15) is 35.4 Å². The fourth-order valence-electron chi connectivity index (χ4n) is 3.71. The highest BCUT2D eigenvalue weighted by Crippen LogP contribution is 2.36. The number of carboxylic acids is 1. The van der Waals surface area contributed by atoms with Gasteiger partial charge in [-0.15, -0.1) is 0 Å². The van der Waals surface area contributed by atoms with Crippen LogP contribution < -0.4 is 0 Å². The van der Waals surface area contributed by atoms with Crippen LogP contribution in [0.3, 0.4) is 0 Å². The highest BCUT2D eigenvalue weighted by atomic mass is 19.4. The fraction of sp³-hybridized carbons (Fsp3) is 0.476. The molecule has 4 heterocycles. The second kappa shape index (κ2) is 10.7. The molecule has 2 fully saturated rings. The number of carbonyl (C=O) groups is 2. The molecule has 0 aliphatic carbocycles. The standard InChI is InChI=1S/C19H22N4O3.C2HF3O2/c24-18(17-21-7-3-8-22-17)23-9-2-5-19(14-23)10-16(13-26-19)25-12-15-4-1-6-20-11-15;3-2(4,5)1(6)7/h1,3-4,6-8,11,16H,2,5,9-10,12-14H2;(H,6,7)/t16-,19-;/m0./s1. The van der Waals surface area contributed by atoms with Crippen molar-refractivity contribution in [2.45, 2.75) is 43.8 Å². The van der Waals surface area contributed by atoms with Crippen LogP contribution in [0, 0.1) is 0 Å². The van der Waals surface area contributed by atoms with Gasteiger partial charge in [0.25, 0.3) is 5.91 Å². The Hall–Kier alpha value is -3.12. The average molecular weight is 468 g/mol. The van der Waals surface area contributed by atoms with E-state index in [0.717, 1.165) is 24.8 Å². The molecule has 0 saturated carbocycles. The summed E-state index contributed by atoms with van der Waals surface area (Å²) in [6.45, 7) is 2.36. The van der Waals surface area contributed by atoms with Crippen molar-refractivity contribution in [3.8, 4) is 0 Å². The van der Waals surface area contributed by atoms with Crippen molar-refractivity contribution in [2.75, 3.05) is 19.7 Å². The summed E-state index contributed by atoms with van der Waals surface area (Å²) < 4.78 is 43.9. The van der Waals surface area contributed by atoms with E-state index in [0.29, 0.717) is 26.3 Å². The summed E-state index contributed by atoms with van der Waals surface area (Å²) in [6.07, 6.45) is 4.36. The molecule has 0 radical (unpaired) electrons. The number of ether oxygens (including phenoxy) is 2. The maximum atomic E-state index is 12.6. The van der Waals surface area contributed by atoms with Gasteiger partial charge < -0.3 is 19.5 Å². The first-order valence-electron chi connectivity index (χ1n) is 10.2. The predicted molar refractivity (Wildman–Crippen MR) is 107 cm³/mol. The van der Waals surface area contributed by atoms with E-state index in [1.54, 1.807) is 24.7 Å². The summed E-state index contributed by atoms with van der Waals surface area (Å²) in [5.74, 6) is -2.65. The molecular weight excluding hydrogens is 445 g/mol. The Balaban J connectivity index is 0.000000383. The number of nitrogens with zero attached hydrogens (tertiary/aromatic N) is 4. The Labute approximate surface area is 187 Å². The molecule has 178 valence electrons. The summed E-state index contributed by atoms with van der Waals surface area (Å²) in [4.78, 5) is 35.6. The van der Waals surface area contributed by atoms with E-state index < -0.39 is 12.1 Å². The first-order valence-corrected chi connectivity index (χ1v) is 10.2. The SMILES string of the molecule is O=C(O)C(F)(F)F.O=C(c1ncccn1)N1CCC[C@]2(C[C@H](OCc3cccnc3)CO2)C1. The molecule has 2 aromatic rings. The first kappa shape index (κ1) is 24.5. The van der Waals surface area contributed by atoms with Gasteiger partial charge >= 0.3 is 12.1 Å². The van der Waals surface area contributed by atoms with Crippen LogP contribution in [0.25, 0.3) is 0 Å². The Morgan fingerprint density at radius 1 is 1.24 bits per heavy atom. The molecule has 0 aromatic carbocycles. The van der Waals surface area contributed by atoms with Gasteiger partial charge in [0.15, 0.2) is 0 Å². The maximum absolute atomic E-state index is 12.6. The number of piperidine rings is 1. The largest absolute Gasteiger partial charge is 0.490 e. The molecule has 2 aromatic heterocycles. The number of carboxylic acid groups (broad SMARTS) is 1.